The van der Waals surface area contributed by atoms with Crippen molar-refractivity contribution in [3.63, 3.8) is 0 Å². The van der Waals surface area contributed by atoms with Gasteiger partial charge in [-0.15, -0.1) is 0 Å². The van der Waals surface area contributed by atoms with Crippen LogP contribution in [0.2, 0.25) is 0 Å². The summed E-state index contributed by atoms with van der Waals surface area (Å²) in [5.74, 6) is -1.09. The number of amides is 1. The van der Waals surface area contributed by atoms with E-state index in [1.807, 2.05) is 0 Å². The number of nitrogens with zero attached hydrogens (tertiary/aromatic N) is 1. The maximum Gasteiger partial charge on any atom is 0.270 e. The van der Waals surface area contributed by atoms with E-state index in [1.165, 1.54) is 30.3 Å². The molecular weight excluding hydrogens is 345 g/mol. The van der Waals surface area contributed by atoms with Crippen LogP contribution in [-0.2, 0) is 0 Å². The van der Waals surface area contributed by atoms with Crippen molar-refractivity contribution in [3.05, 3.63) is 62.4 Å². The van der Waals surface area contributed by atoms with Gasteiger partial charge in [0.1, 0.15) is 5.82 Å². The first-order chi connectivity index (χ1) is 9.88. The molecule has 0 atom stereocenters. The van der Waals surface area contributed by atoms with Gasteiger partial charge in [0.15, 0.2) is 0 Å². The monoisotopic (exact) mass is 353 g/mol. The summed E-state index contributed by atoms with van der Waals surface area (Å²) >= 11 is 3.00. The largest absolute Gasteiger partial charge is 0.398 e. The molecule has 0 bridgehead atoms. The summed E-state index contributed by atoms with van der Waals surface area (Å²) in [4.78, 5) is 22.2. The highest BCUT2D eigenvalue weighted by Gasteiger charge is 2.15. The van der Waals surface area contributed by atoms with Crippen LogP contribution in [-0.4, -0.2) is 10.8 Å². The number of nitrogen functional groups attached to an aromatic ring is 1. The minimum atomic E-state index is -0.620. The number of hydrogen-bond donors (Lipinski definition) is 2. The topological polar surface area (TPSA) is 98.3 Å². The van der Waals surface area contributed by atoms with Gasteiger partial charge in [0, 0.05) is 23.5 Å². The van der Waals surface area contributed by atoms with Crippen molar-refractivity contribution in [2.24, 2.45) is 0 Å². The first-order valence-corrected chi connectivity index (χ1v) is 6.48. The summed E-state index contributed by atoms with van der Waals surface area (Å²) in [6, 6.07) is 7.50. The molecule has 0 aliphatic rings. The van der Waals surface area contributed by atoms with E-state index in [0.29, 0.717) is 5.69 Å². The Kier molecular flexibility index (Phi) is 4.18. The quantitative estimate of drug-likeness (QED) is 0.502. The number of nitro groups is 1. The number of nitro benzene ring substituents is 1. The summed E-state index contributed by atoms with van der Waals surface area (Å²) in [6.45, 7) is 0. The number of anilines is 2. The fourth-order valence-corrected chi connectivity index (χ4v) is 2.01. The van der Waals surface area contributed by atoms with Crippen molar-refractivity contribution in [1.82, 2.24) is 0 Å². The molecule has 0 aliphatic carbocycles. The Hall–Kier alpha value is -2.48. The lowest BCUT2D eigenvalue weighted by molar-refractivity contribution is -0.384. The van der Waals surface area contributed by atoms with Gasteiger partial charge in [-0.05, 0) is 40.2 Å². The highest BCUT2D eigenvalue weighted by molar-refractivity contribution is 9.10. The number of carbonyl (C=O) groups is 1. The molecule has 6 nitrogen and oxygen atoms in total. The Morgan fingerprint density at radius 2 is 2.00 bits per heavy atom. The first kappa shape index (κ1) is 14.9. The van der Waals surface area contributed by atoms with E-state index in [0.717, 1.165) is 6.07 Å². The van der Waals surface area contributed by atoms with Crippen LogP contribution >= 0.6 is 15.9 Å². The van der Waals surface area contributed by atoms with Gasteiger partial charge in [0.2, 0.25) is 0 Å². The van der Waals surface area contributed by atoms with Crippen molar-refractivity contribution in [1.29, 1.82) is 0 Å². The number of carbonyl (C=O) groups excluding carboxylic acids is 1. The minimum absolute atomic E-state index is 0.0235. The van der Waals surface area contributed by atoms with Gasteiger partial charge in [0.25, 0.3) is 11.6 Å². The molecular formula is C13H9BrFN3O3. The number of non-ortho nitro benzene ring substituents is 1. The molecule has 0 unspecified atom stereocenters. The van der Waals surface area contributed by atoms with Gasteiger partial charge >= 0.3 is 0 Å². The van der Waals surface area contributed by atoms with Crippen molar-refractivity contribution < 1.29 is 14.1 Å². The van der Waals surface area contributed by atoms with Crippen molar-refractivity contribution >= 4 is 38.9 Å². The number of nitrogens with two attached hydrogens (primary N) is 1. The Labute approximate surface area is 127 Å². The summed E-state index contributed by atoms with van der Waals surface area (Å²) in [5, 5.41) is 13.2. The molecule has 0 heterocycles. The van der Waals surface area contributed by atoms with E-state index in [-0.39, 0.29) is 21.4 Å². The first-order valence-electron chi connectivity index (χ1n) is 5.69. The third kappa shape index (κ3) is 3.34. The SMILES string of the molecule is Nc1ccc([N+](=O)[O-])cc1C(=O)Nc1ccc(F)c(Br)c1. The second-order valence-corrected chi connectivity index (χ2v) is 4.97. The van der Waals surface area contributed by atoms with Gasteiger partial charge in [-0.1, -0.05) is 0 Å². The molecule has 1 amide bonds. The molecule has 2 aromatic carbocycles. The zero-order valence-electron chi connectivity index (χ0n) is 10.5. The molecule has 0 aromatic heterocycles. The van der Waals surface area contributed by atoms with Gasteiger partial charge in [-0.2, -0.15) is 0 Å². The van der Waals surface area contributed by atoms with Crippen LogP contribution in [0.3, 0.4) is 0 Å². The highest BCUT2D eigenvalue weighted by Crippen LogP contribution is 2.23. The predicted octanol–water partition coefficient (Wildman–Crippen LogP) is 3.33. The molecule has 0 saturated carbocycles. The van der Waals surface area contributed by atoms with Crippen LogP contribution in [0.25, 0.3) is 0 Å². The van der Waals surface area contributed by atoms with Gasteiger partial charge in [0.05, 0.1) is 15.0 Å². The maximum absolute atomic E-state index is 13.1. The fourth-order valence-electron chi connectivity index (χ4n) is 1.63. The van der Waals surface area contributed by atoms with E-state index < -0.39 is 16.6 Å². The zero-order chi connectivity index (χ0) is 15.6. The average molecular weight is 354 g/mol. The molecule has 0 fully saturated rings. The van der Waals surface area contributed by atoms with Crippen molar-refractivity contribution in [2.45, 2.75) is 0 Å². The molecule has 108 valence electrons. The summed E-state index contributed by atoms with van der Waals surface area (Å²) < 4.78 is 13.3. The minimum Gasteiger partial charge on any atom is -0.398 e. The zero-order valence-corrected chi connectivity index (χ0v) is 12.1. The van der Waals surface area contributed by atoms with Crippen molar-refractivity contribution in [3.8, 4) is 0 Å². The second kappa shape index (κ2) is 5.88. The Balaban J connectivity index is 2.29. The molecule has 0 saturated heterocycles. The lowest BCUT2D eigenvalue weighted by Crippen LogP contribution is -2.14. The van der Waals surface area contributed by atoms with E-state index in [1.54, 1.807) is 0 Å². The highest BCUT2D eigenvalue weighted by atomic mass is 79.9. The number of rotatable bonds is 3. The Morgan fingerprint density at radius 3 is 2.62 bits per heavy atom. The molecule has 2 aromatic rings. The fraction of sp³-hybridized carbons (Fsp3) is 0. The lowest BCUT2D eigenvalue weighted by Gasteiger charge is -2.08. The molecule has 0 aliphatic heterocycles. The maximum atomic E-state index is 13.1. The third-order valence-electron chi connectivity index (χ3n) is 2.67. The predicted molar refractivity (Wildman–Crippen MR) is 79.6 cm³/mol. The standard InChI is InChI=1S/C13H9BrFN3O3/c14-10-5-7(1-3-11(10)15)17-13(19)9-6-8(18(20)21)2-4-12(9)16/h1-6H,16H2,(H,17,19). The average Bonchev–Trinajstić information content (AvgIpc) is 2.43. The van der Waals surface area contributed by atoms with E-state index in [9.17, 15) is 19.3 Å². The molecule has 21 heavy (non-hydrogen) atoms. The molecule has 0 spiro atoms. The summed E-state index contributed by atoms with van der Waals surface area (Å²) in [6.07, 6.45) is 0. The van der Waals surface area contributed by atoms with Crippen LogP contribution in [0, 0.1) is 15.9 Å². The Bertz CT molecular complexity index is 737. The van der Waals surface area contributed by atoms with Crippen LogP contribution in [0.5, 0.6) is 0 Å². The van der Waals surface area contributed by atoms with Gasteiger partial charge in [-0.25, -0.2) is 4.39 Å². The van der Waals surface area contributed by atoms with Gasteiger partial charge < -0.3 is 11.1 Å². The van der Waals surface area contributed by atoms with Crippen LogP contribution in [0.1, 0.15) is 10.4 Å². The van der Waals surface area contributed by atoms with Gasteiger partial charge in [-0.3, -0.25) is 14.9 Å². The molecule has 8 heteroatoms. The number of benzene rings is 2. The van der Waals surface area contributed by atoms with Crippen LogP contribution < -0.4 is 11.1 Å². The molecule has 2 rings (SSSR count). The summed E-state index contributed by atoms with van der Waals surface area (Å²) in [5.41, 5.74) is 5.82. The van der Waals surface area contributed by atoms with Crippen molar-refractivity contribution in [2.75, 3.05) is 11.1 Å². The summed E-state index contributed by atoms with van der Waals surface area (Å²) in [7, 11) is 0. The van der Waals surface area contributed by atoms with Crippen LogP contribution in [0.4, 0.5) is 21.5 Å². The molecule has 3 N–H and O–H groups in total. The normalized spacial score (nSPS) is 10.2. The smallest absolute Gasteiger partial charge is 0.270 e. The number of hydrogen-bond acceptors (Lipinski definition) is 4. The third-order valence-corrected chi connectivity index (χ3v) is 3.28. The van der Waals surface area contributed by atoms with E-state index in [4.69, 9.17) is 5.73 Å². The number of halogens is 2. The lowest BCUT2D eigenvalue weighted by atomic mass is 10.1. The van der Waals surface area contributed by atoms with E-state index in [2.05, 4.69) is 21.2 Å². The number of nitrogens with one attached hydrogen (secondary N) is 1. The van der Waals surface area contributed by atoms with Crippen LogP contribution in [0.15, 0.2) is 40.9 Å². The van der Waals surface area contributed by atoms with E-state index >= 15 is 0 Å². The second-order valence-electron chi connectivity index (χ2n) is 4.11. The molecule has 0 radical (unpaired) electrons. The Morgan fingerprint density at radius 1 is 1.29 bits per heavy atom.